The van der Waals surface area contributed by atoms with Crippen molar-refractivity contribution in [1.82, 2.24) is 46.8 Å². The van der Waals surface area contributed by atoms with Gasteiger partial charge >= 0.3 is 5.97 Å². The summed E-state index contributed by atoms with van der Waals surface area (Å²) < 4.78 is 65.5. The van der Waals surface area contributed by atoms with Crippen molar-refractivity contribution in [1.29, 1.82) is 0 Å². The number of carboxylic acids is 1. The molecule has 1 aromatic carbocycles. The first kappa shape index (κ1) is 93.1. The number of carboxylic acid groups (broad SMARTS) is 1. The Morgan fingerprint density at radius 2 is 1.31 bits per heavy atom. The lowest BCUT2D eigenvalue weighted by molar-refractivity contribution is -0.144. The van der Waals surface area contributed by atoms with Crippen molar-refractivity contribution < 1.29 is 125 Å². The van der Waals surface area contributed by atoms with Gasteiger partial charge in [0.1, 0.15) is 28.9 Å². The van der Waals surface area contributed by atoms with Crippen molar-refractivity contribution in [2.24, 2.45) is 46.9 Å². The summed E-state index contributed by atoms with van der Waals surface area (Å²) in [5.74, 6) is -9.54. The minimum absolute atomic E-state index is 0.0227. The number of phenolic OH excluding ortho intramolecular Hbond substituents is 1. The molecule has 0 spiro atoms. The average Bonchev–Trinajstić information content (AvgIpc) is 1.61. The number of rotatable bonds is 45. The zero-order valence-electron chi connectivity index (χ0n) is 62.9. The number of nitrogens with one attached hydrogen (secondary N) is 7. The number of fused-ring (bicyclic) bond motifs is 5. The van der Waals surface area contributed by atoms with E-state index in [4.69, 9.17) is 65.0 Å². The second kappa shape index (κ2) is 50.4. The Morgan fingerprint density at radius 1 is 0.745 bits per heavy atom. The second-order valence-electron chi connectivity index (χ2n) is 26.7. The van der Waals surface area contributed by atoms with Crippen LogP contribution in [0.1, 0.15) is 77.3 Å². The highest BCUT2D eigenvalue weighted by atomic mass is 32.2. The van der Waals surface area contributed by atoms with E-state index in [1.165, 1.54) is 49.0 Å². The fourth-order valence-electron chi connectivity index (χ4n) is 11.9. The molecule has 3 aliphatic heterocycles. The maximum absolute atomic E-state index is 15.3. The summed E-state index contributed by atoms with van der Waals surface area (Å²) in [5, 5.41) is 68.9. The molecule has 0 radical (unpaired) electrons. The molecule has 620 valence electrons. The second-order valence-corrected chi connectivity index (χ2v) is 29.3. The summed E-state index contributed by atoms with van der Waals surface area (Å²) in [6.45, 7) is 9.93. The number of amides is 8. The van der Waals surface area contributed by atoms with Crippen molar-refractivity contribution in [2.45, 2.75) is 120 Å². The number of hydrogen-bond acceptors (Lipinski definition) is 29. The maximum Gasteiger partial charge on any atom is 0.304 e. The van der Waals surface area contributed by atoms with Crippen LogP contribution in [0.5, 0.6) is 5.75 Å². The molecule has 1 saturated heterocycles. The number of carbonyl (C=O) groups is 11. The van der Waals surface area contributed by atoms with Crippen LogP contribution in [0.4, 0.5) is 0 Å². The zero-order valence-corrected chi connectivity index (χ0v) is 64.5. The minimum atomic E-state index is -2.45. The molecule has 12 atom stereocenters. The van der Waals surface area contributed by atoms with E-state index < -0.39 is 206 Å². The van der Waals surface area contributed by atoms with Gasteiger partial charge in [-0.05, 0) is 30.0 Å². The average molecular weight is 1600 g/mol. The Bertz CT molecular complexity index is 3370. The standard InChI is InChI=1S/C70H112N12O26S2/c1-5-42(2)50-31-47(84)35-75-65(94)45-29-51-49-6-7-56(86)52(40-109-27-26-108-25-24-107-23-22-106-21-20-105-19-18-104-17-16-103-15-14-102-13-12-101-11-10-100-9-8-81(73)37-46(71)34-74-64(93)43(3)28-61(91)92)63(49)80-69(51)110(99)41-54(77-60(90)36-76-66(50)95)67(96)78-53(33-59(72)89)70(98)82-38-48(85)32-55(82)68(97)79-62(57(87)30-45)44(4)58(88)39-83/h6-7,37,42-45,48,50,53-55,58,62,80,83,85-86,88H,5,8-36,38-41,71,73H2,1-4H3,(H2,72,89)(H,74,93)(H,75,94)(H,76,95)(H,77,90)(H,78,96)(H,79,97)(H,91,92)/b46-37-/t42-,43?,44-,45+,48+,50-,53-,54+,55-,58-,62-,110?/m0/s1. The summed E-state index contributed by atoms with van der Waals surface area (Å²) in [5.41, 5.74) is 12.4. The number of nitrogens with zero attached hydrogens (tertiary/aromatic N) is 2. The van der Waals surface area contributed by atoms with Crippen LogP contribution in [-0.4, -0.2) is 316 Å². The van der Waals surface area contributed by atoms with E-state index in [1.807, 2.05) is 0 Å². The fourth-order valence-corrected chi connectivity index (χ4v) is 14.2. The van der Waals surface area contributed by atoms with Gasteiger partial charge in [0, 0.05) is 83.8 Å². The smallest absolute Gasteiger partial charge is 0.304 e. The van der Waals surface area contributed by atoms with Crippen molar-refractivity contribution >= 4 is 98.3 Å². The van der Waals surface area contributed by atoms with Crippen LogP contribution in [-0.2, 0) is 118 Å². The molecule has 3 aliphatic rings. The third-order valence-electron chi connectivity index (χ3n) is 18.3. The van der Waals surface area contributed by atoms with Gasteiger partial charge < -0.3 is 126 Å². The molecule has 0 aliphatic carbocycles. The van der Waals surface area contributed by atoms with E-state index in [9.17, 15) is 73.2 Å². The van der Waals surface area contributed by atoms with Gasteiger partial charge in [-0.15, -0.1) is 0 Å². The number of aliphatic hydroxyl groups is 3. The molecule has 0 saturated carbocycles. The molecule has 8 amide bonds. The molecular weight excluding hydrogens is 1490 g/mol. The SMILES string of the molecule is CC[C@H](C)[C@@H]1CC(=O)CNC(=O)[C@H]2CC(=O)[C@H]([C@@H](C)[C@@H](O)CO)NC(=O)[C@@H]3C[C@@H](O)CN3C(=O)[C@H](CC(N)=O)NC(=O)[C@@H](CS(=O)c3[nH]c4c(CSCCOCCOCCOCCOCCOCCOCCOCCOCCOCCN(N)/C=C(\N)CNC(=O)C(C)CC(=O)O)c(O)ccc4c3C2)NC(=O)CNC1=O. The van der Waals surface area contributed by atoms with E-state index >= 15 is 4.21 Å². The van der Waals surface area contributed by atoms with Crippen LogP contribution in [0.3, 0.4) is 0 Å². The lowest BCUT2D eigenvalue weighted by atomic mass is 9.85. The van der Waals surface area contributed by atoms with Gasteiger partial charge in [-0.25, -0.2) is 5.84 Å². The van der Waals surface area contributed by atoms with Gasteiger partial charge in [0.25, 0.3) is 0 Å². The predicted octanol–water partition coefficient (Wildman–Crippen LogP) is -4.15. The molecule has 110 heavy (non-hydrogen) atoms. The molecule has 2 bridgehead atoms. The summed E-state index contributed by atoms with van der Waals surface area (Å²) in [4.78, 5) is 154. The van der Waals surface area contributed by atoms with E-state index in [1.54, 1.807) is 13.8 Å². The van der Waals surface area contributed by atoms with Crippen LogP contribution >= 0.6 is 11.8 Å². The highest BCUT2D eigenvalue weighted by molar-refractivity contribution is 7.98. The Balaban J connectivity index is 1.10. The van der Waals surface area contributed by atoms with Crippen molar-refractivity contribution in [3.63, 3.8) is 0 Å². The normalized spacial score (nSPS) is 22.1. The molecule has 1 fully saturated rings. The Morgan fingerprint density at radius 3 is 1.86 bits per heavy atom. The van der Waals surface area contributed by atoms with Gasteiger partial charge in [0.2, 0.25) is 47.3 Å². The van der Waals surface area contributed by atoms with E-state index in [0.717, 1.165) is 4.90 Å². The number of thioether (sulfide) groups is 1. The molecule has 1 aromatic heterocycles. The first-order valence-corrected chi connectivity index (χ1v) is 39.1. The summed E-state index contributed by atoms with van der Waals surface area (Å²) in [6.07, 6.45) is -4.36. The fraction of sp³-hybridized carbons (Fsp3) is 0.700. The largest absolute Gasteiger partial charge is 0.508 e. The summed E-state index contributed by atoms with van der Waals surface area (Å²) in [7, 11) is -2.45. The molecule has 2 unspecified atom stereocenters. The third-order valence-corrected chi connectivity index (χ3v) is 20.6. The molecule has 40 heteroatoms. The predicted molar refractivity (Wildman–Crippen MR) is 396 cm³/mol. The number of primary amides is 1. The zero-order chi connectivity index (χ0) is 80.7. The summed E-state index contributed by atoms with van der Waals surface area (Å²) >= 11 is 1.35. The number of ketones is 2. The van der Waals surface area contributed by atoms with Gasteiger partial charge in [0.05, 0.1) is 205 Å². The number of benzene rings is 1. The quantitative estimate of drug-likeness (QED) is 0.0170. The lowest BCUT2D eigenvalue weighted by Gasteiger charge is -2.32. The van der Waals surface area contributed by atoms with E-state index in [0.29, 0.717) is 129 Å². The van der Waals surface area contributed by atoms with Crippen LogP contribution in [0.2, 0.25) is 0 Å². The first-order valence-electron chi connectivity index (χ1n) is 36.7. The number of carbonyl (C=O) groups excluding carboxylic acids is 10. The number of hydrazine groups is 1. The highest BCUT2D eigenvalue weighted by Crippen LogP contribution is 2.37. The molecule has 38 nitrogen and oxygen atoms in total. The lowest BCUT2D eigenvalue weighted by Crippen LogP contribution is -2.60. The number of nitrogens with two attached hydrogens (primary N) is 3. The van der Waals surface area contributed by atoms with Gasteiger partial charge in [-0.1, -0.05) is 34.1 Å². The number of ether oxygens (including phenoxy) is 9. The number of aliphatic hydroxyl groups excluding tert-OH is 3. The van der Waals surface area contributed by atoms with Crippen LogP contribution in [0.25, 0.3) is 10.9 Å². The van der Waals surface area contributed by atoms with Crippen molar-refractivity contribution in [2.75, 3.05) is 170 Å². The topological polar surface area (TPSA) is 562 Å². The van der Waals surface area contributed by atoms with Gasteiger partial charge in [0.15, 0.2) is 11.6 Å². The third kappa shape index (κ3) is 32.6. The number of phenols is 1. The first-order chi connectivity index (χ1) is 52.6. The molecule has 18 N–H and O–H groups in total. The number of aliphatic carboxylic acids is 1. The number of aromatic amines is 1. The number of aromatic hydroxyl groups is 1. The van der Waals surface area contributed by atoms with Gasteiger partial charge in [-0.3, -0.25) is 56.9 Å². The number of hydrogen-bond donors (Lipinski definition) is 15. The monoisotopic (exact) mass is 1600 g/mol. The maximum atomic E-state index is 15.3. The van der Waals surface area contributed by atoms with Gasteiger partial charge in [-0.2, -0.15) is 11.8 Å². The molecule has 5 rings (SSSR count). The summed E-state index contributed by atoms with van der Waals surface area (Å²) in [6, 6.07) is -4.18. The Hall–Kier alpha value is -7.55. The number of aromatic nitrogens is 1. The van der Waals surface area contributed by atoms with E-state index in [-0.39, 0.29) is 65.8 Å². The Labute approximate surface area is 644 Å². The van der Waals surface area contributed by atoms with Crippen LogP contribution in [0, 0.1) is 29.6 Å². The number of Topliss-reactive ketones (excluding diaryl/α,β-unsaturated/α-hetero) is 2. The molecule has 4 heterocycles. The van der Waals surface area contributed by atoms with Crippen molar-refractivity contribution in [3.8, 4) is 5.75 Å². The number of H-pyrrole nitrogens is 1. The van der Waals surface area contributed by atoms with E-state index in [2.05, 4.69) is 36.9 Å². The highest BCUT2D eigenvalue weighted by Gasteiger charge is 2.45. The molecule has 2 aromatic rings. The van der Waals surface area contributed by atoms with Crippen LogP contribution in [0.15, 0.2) is 29.1 Å². The van der Waals surface area contributed by atoms with Crippen LogP contribution < -0.4 is 49.2 Å². The Kier molecular flexibility index (Phi) is 42.7. The minimum Gasteiger partial charge on any atom is -0.508 e. The van der Waals surface area contributed by atoms with Crippen molar-refractivity contribution in [3.05, 3.63) is 35.2 Å². The molecular formula is C70H112N12O26S2.